The van der Waals surface area contributed by atoms with E-state index in [-0.39, 0.29) is 17.9 Å². The predicted octanol–water partition coefficient (Wildman–Crippen LogP) is 4.55. The molecule has 4 nitrogen and oxygen atoms in total. The minimum absolute atomic E-state index is 0.0375. The maximum atomic E-state index is 14.4. The highest BCUT2D eigenvalue weighted by atomic mass is 32.1. The molecule has 2 heterocycles. The molecule has 0 atom stereocenters. The number of hydrogen-bond acceptors (Lipinski definition) is 3. The van der Waals surface area contributed by atoms with Gasteiger partial charge in [0.05, 0.1) is 17.7 Å². The fraction of sp³-hybridized carbons (Fsp3) is 0.0435. The van der Waals surface area contributed by atoms with Crippen molar-refractivity contribution < 1.29 is 4.39 Å². The van der Waals surface area contributed by atoms with Gasteiger partial charge in [-0.15, -0.1) is 11.3 Å². The van der Waals surface area contributed by atoms with Gasteiger partial charge in [0.1, 0.15) is 10.5 Å². The van der Waals surface area contributed by atoms with Gasteiger partial charge in [0.2, 0.25) is 0 Å². The van der Waals surface area contributed by atoms with Gasteiger partial charge in [-0.25, -0.2) is 13.8 Å². The third-order valence-corrected chi connectivity index (χ3v) is 6.11. The molecule has 3 aromatic carbocycles. The van der Waals surface area contributed by atoms with Gasteiger partial charge in [0, 0.05) is 15.6 Å². The SMILES string of the molecule is O=c1c2sc3ccccc3c2n(Cc2ccccc2F)c(=O)n1-c1ccccc1. The molecular weight excluding hydrogens is 387 g/mol. The number of benzene rings is 3. The molecule has 5 aromatic rings. The van der Waals surface area contributed by atoms with E-state index in [0.29, 0.717) is 21.5 Å². The van der Waals surface area contributed by atoms with Gasteiger partial charge in [-0.3, -0.25) is 9.36 Å². The van der Waals surface area contributed by atoms with Gasteiger partial charge in [-0.1, -0.05) is 54.6 Å². The molecule has 2 aromatic heterocycles. The molecule has 0 spiro atoms. The Morgan fingerprint density at radius 3 is 2.31 bits per heavy atom. The summed E-state index contributed by atoms with van der Waals surface area (Å²) in [5, 5.41) is 0.818. The standard InChI is InChI=1S/C23H15FN2O2S/c24-18-12-6-4-8-15(18)14-25-20-17-11-5-7-13-19(17)29-21(20)22(27)26(23(25)28)16-9-2-1-3-10-16/h1-13H,14H2. The van der Waals surface area contributed by atoms with E-state index in [4.69, 9.17) is 0 Å². The topological polar surface area (TPSA) is 44.0 Å². The van der Waals surface area contributed by atoms with E-state index >= 15 is 0 Å². The molecule has 0 fully saturated rings. The lowest BCUT2D eigenvalue weighted by Gasteiger charge is -2.13. The van der Waals surface area contributed by atoms with E-state index in [1.54, 1.807) is 42.5 Å². The zero-order valence-electron chi connectivity index (χ0n) is 15.2. The van der Waals surface area contributed by atoms with Crippen LogP contribution in [0.3, 0.4) is 0 Å². The Morgan fingerprint density at radius 2 is 1.52 bits per heavy atom. The summed E-state index contributed by atoms with van der Waals surface area (Å²) in [5.74, 6) is -0.385. The normalized spacial score (nSPS) is 11.3. The maximum absolute atomic E-state index is 14.4. The third kappa shape index (κ3) is 2.80. The first-order valence-electron chi connectivity index (χ1n) is 9.11. The van der Waals surface area contributed by atoms with Crippen molar-refractivity contribution in [1.29, 1.82) is 0 Å². The van der Waals surface area contributed by atoms with Crippen LogP contribution >= 0.6 is 11.3 Å². The van der Waals surface area contributed by atoms with Crippen molar-refractivity contribution in [2.75, 3.05) is 0 Å². The van der Waals surface area contributed by atoms with Crippen LogP contribution < -0.4 is 11.2 Å². The minimum atomic E-state index is -0.486. The van der Waals surface area contributed by atoms with Crippen molar-refractivity contribution in [2.45, 2.75) is 6.54 Å². The fourth-order valence-electron chi connectivity index (χ4n) is 3.60. The van der Waals surface area contributed by atoms with Gasteiger partial charge in [0.25, 0.3) is 5.56 Å². The summed E-state index contributed by atoms with van der Waals surface area (Å²) in [4.78, 5) is 26.7. The molecule has 0 aliphatic heterocycles. The fourth-order valence-corrected chi connectivity index (χ4v) is 4.73. The van der Waals surface area contributed by atoms with Gasteiger partial charge < -0.3 is 0 Å². The van der Waals surface area contributed by atoms with Crippen LogP contribution in [0.15, 0.2) is 88.5 Å². The Bertz CT molecular complexity index is 1480. The Morgan fingerprint density at radius 1 is 0.828 bits per heavy atom. The van der Waals surface area contributed by atoms with Crippen LogP contribution in [0, 0.1) is 5.82 Å². The highest BCUT2D eigenvalue weighted by Gasteiger charge is 2.19. The van der Waals surface area contributed by atoms with E-state index in [2.05, 4.69) is 0 Å². The lowest BCUT2D eigenvalue weighted by molar-refractivity contribution is 0.595. The number of nitrogens with zero attached hydrogens (tertiary/aromatic N) is 2. The minimum Gasteiger partial charge on any atom is -0.287 e. The number of fused-ring (bicyclic) bond motifs is 3. The second kappa shape index (κ2) is 6.83. The highest BCUT2D eigenvalue weighted by Crippen LogP contribution is 2.31. The first kappa shape index (κ1) is 17.6. The van der Waals surface area contributed by atoms with Crippen LogP contribution in [0.5, 0.6) is 0 Å². The summed E-state index contributed by atoms with van der Waals surface area (Å²) >= 11 is 1.35. The second-order valence-corrected chi connectivity index (χ2v) is 7.76. The summed E-state index contributed by atoms with van der Waals surface area (Å²) in [6.45, 7) is 0.0375. The summed E-state index contributed by atoms with van der Waals surface area (Å²) in [5.41, 5.74) is 0.590. The number of thiophene rings is 1. The molecule has 5 rings (SSSR count). The molecule has 142 valence electrons. The maximum Gasteiger partial charge on any atom is 0.336 e. The highest BCUT2D eigenvalue weighted by molar-refractivity contribution is 7.25. The van der Waals surface area contributed by atoms with Gasteiger partial charge >= 0.3 is 5.69 Å². The first-order chi connectivity index (χ1) is 14.1. The summed E-state index contributed by atoms with van der Waals surface area (Å²) in [6.07, 6.45) is 0. The average molecular weight is 402 g/mol. The largest absolute Gasteiger partial charge is 0.336 e. The van der Waals surface area contributed by atoms with E-state index in [1.807, 2.05) is 30.3 Å². The van der Waals surface area contributed by atoms with Crippen LogP contribution in [-0.4, -0.2) is 9.13 Å². The smallest absolute Gasteiger partial charge is 0.287 e. The van der Waals surface area contributed by atoms with E-state index in [0.717, 1.165) is 10.1 Å². The zero-order chi connectivity index (χ0) is 20.0. The molecule has 29 heavy (non-hydrogen) atoms. The molecule has 0 unspecified atom stereocenters. The molecule has 0 aliphatic carbocycles. The number of halogens is 1. The van der Waals surface area contributed by atoms with Crippen LogP contribution in [0.2, 0.25) is 0 Å². The van der Waals surface area contributed by atoms with Crippen molar-refractivity contribution in [3.8, 4) is 5.69 Å². The Balaban J connectivity index is 1.92. The van der Waals surface area contributed by atoms with E-state index in [9.17, 15) is 14.0 Å². The lowest BCUT2D eigenvalue weighted by atomic mass is 10.2. The van der Waals surface area contributed by atoms with Crippen molar-refractivity contribution in [3.63, 3.8) is 0 Å². The van der Waals surface area contributed by atoms with Crippen molar-refractivity contribution >= 4 is 31.6 Å². The van der Waals surface area contributed by atoms with Crippen molar-refractivity contribution in [3.05, 3.63) is 111 Å². The van der Waals surface area contributed by atoms with Gasteiger partial charge in [-0.05, 0) is 24.3 Å². The van der Waals surface area contributed by atoms with Crippen LogP contribution in [0.1, 0.15) is 5.56 Å². The van der Waals surface area contributed by atoms with Crippen LogP contribution in [0.25, 0.3) is 26.0 Å². The Labute approximate surface area is 168 Å². The van der Waals surface area contributed by atoms with Gasteiger partial charge in [0.15, 0.2) is 0 Å². The second-order valence-electron chi connectivity index (χ2n) is 6.71. The first-order valence-corrected chi connectivity index (χ1v) is 9.93. The zero-order valence-corrected chi connectivity index (χ0v) is 16.0. The van der Waals surface area contributed by atoms with E-state index < -0.39 is 5.69 Å². The third-order valence-electron chi connectivity index (χ3n) is 4.96. The summed E-state index contributed by atoms with van der Waals surface area (Å²) in [6, 6.07) is 22.8. The molecule has 0 saturated carbocycles. The molecule has 0 amide bonds. The van der Waals surface area contributed by atoms with Crippen molar-refractivity contribution in [2.24, 2.45) is 0 Å². The summed E-state index contributed by atoms with van der Waals surface area (Å²) < 4.78 is 18.4. The molecule has 0 bridgehead atoms. The predicted molar refractivity (Wildman–Crippen MR) is 115 cm³/mol. The number of rotatable bonds is 3. The lowest BCUT2D eigenvalue weighted by Crippen LogP contribution is -2.38. The van der Waals surface area contributed by atoms with Crippen LogP contribution in [0.4, 0.5) is 4.39 Å². The molecule has 0 radical (unpaired) electrons. The molecule has 0 N–H and O–H groups in total. The van der Waals surface area contributed by atoms with E-state index in [1.165, 1.54) is 26.5 Å². The van der Waals surface area contributed by atoms with Crippen molar-refractivity contribution in [1.82, 2.24) is 9.13 Å². The molecule has 0 aliphatic rings. The number of para-hydroxylation sites is 1. The average Bonchev–Trinajstić information content (AvgIpc) is 3.13. The Kier molecular flexibility index (Phi) is 4.14. The number of hydrogen-bond donors (Lipinski definition) is 0. The molecule has 6 heteroatoms. The Hall–Kier alpha value is -3.51. The number of aromatic nitrogens is 2. The monoisotopic (exact) mass is 402 g/mol. The quantitative estimate of drug-likeness (QED) is 0.444. The molecule has 0 saturated heterocycles. The summed E-state index contributed by atoms with van der Waals surface area (Å²) in [7, 11) is 0. The van der Waals surface area contributed by atoms with Gasteiger partial charge in [-0.2, -0.15) is 0 Å². The van der Waals surface area contributed by atoms with Crippen LogP contribution in [-0.2, 0) is 6.54 Å². The molecular formula is C23H15FN2O2S.